The van der Waals surface area contributed by atoms with Crippen LogP contribution < -0.4 is 20.2 Å². The van der Waals surface area contributed by atoms with Crippen molar-refractivity contribution in [1.82, 2.24) is 4.98 Å². The smallest absolute Gasteiger partial charge is 0.312 e. The molecule has 3 heterocycles. The van der Waals surface area contributed by atoms with Crippen molar-refractivity contribution < 1.29 is 67.0 Å². The van der Waals surface area contributed by atoms with Crippen molar-refractivity contribution >= 4 is 56.3 Å². The average molecular weight is 959 g/mol. The van der Waals surface area contributed by atoms with Crippen molar-refractivity contribution in [2.24, 2.45) is 23.7 Å². The van der Waals surface area contributed by atoms with E-state index in [0.717, 1.165) is 11.0 Å². The van der Waals surface area contributed by atoms with Crippen molar-refractivity contribution in [2.45, 2.75) is 105 Å². The number of ether oxygens (including phenoxy) is 6. The summed E-state index contributed by atoms with van der Waals surface area (Å²) in [6.45, 7) is 18.8. The monoisotopic (exact) mass is 958 g/mol. The quantitative estimate of drug-likeness (QED) is 0.0318. The third-order valence-corrected chi connectivity index (χ3v) is 14.0. The molecule has 4 aromatic rings. The number of aromatic nitrogens is 1. The second-order valence-corrected chi connectivity index (χ2v) is 19.4. The molecule has 4 N–H and O–H groups in total. The van der Waals surface area contributed by atoms with Crippen molar-refractivity contribution in [3.8, 4) is 17.2 Å². The number of aliphatic hydroxyl groups excluding tert-OH is 2. The maximum Gasteiger partial charge on any atom is 0.312 e. The third kappa shape index (κ3) is 10.7. The summed E-state index contributed by atoms with van der Waals surface area (Å²) in [5.74, 6) is -6.92. The van der Waals surface area contributed by atoms with E-state index in [-0.39, 0.29) is 62.2 Å². The minimum atomic E-state index is -2.06. The van der Waals surface area contributed by atoms with Crippen molar-refractivity contribution in [2.75, 3.05) is 52.9 Å². The number of fused-ring (bicyclic) bond motifs is 2. The zero-order chi connectivity index (χ0) is 50.9. The fraction of sp³-hybridized carbons (Fsp3) is 0.519. The van der Waals surface area contributed by atoms with Crippen LogP contribution in [0.3, 0.4) is 0 Å². The van der Waals surface area contributed by atoms with Crippen LogP contribution in [0.4, 0.5) is 5.69 Å². The van der Waals surface area contributed by atoms with Crippen LogP contribution in [0.15, 0.2) is 63.6 Å². The Morgan fingerprint density at radius 3 is 2.35 bits per heavy atom. The Morgan fingerprint density at radius 2 is 1.68 bits per heavy atom. The number of rotatable bonds is 10. The van der Waals surface area contributed by atoms with E-state index in [4.69, 9.17) is 37.8 Å². The van der Waals surface area contributed by atoms with E-state index in [1.54, 1.807) is 58.0 Å². The summed E-state index contributed by atoms with van der Waals surface area (Å²) in [5, 5.41) is 37.5. The number of quaternary nitrogens is 1. The highest BCUT2D eigenvalue weighted by Crippen LogP contribution is 2.48. The summed E-state index contributed by atoms with van der Waals surface area (Å²) in [7, 11) is 5.74. The molecular weight excluding hydrogens is 891 g/mol. The minimum absolute atomic E-state index is 0.0160. The van der Waals surface area contributed by atoms with Gasteiger partial charge in [-0.2, -0.15) is 0 Å². The van der Waals surface area contributed by atoms with Crippen LogP contribution in [-0.2, 0) is 28.5 Å². The van der Waals surface area contributed by atoms with Gasteiger partial charge in [-0.25, -0.2) is 4.98 Å². The zero-order valence-corrected chi connectivity index (χ0v) is 41.9. The molecule has 3 aromatic carbocycles. The van der Waals surface area contributed by atoms with Crippen LogP contribution in [0.2, 0.25) is 0 Å². The van der Waals surface area contributed by atoms with Gasteiger partial charge >= 0.3 is 11.8 Å². The zero-order valence-electron chi connectivity index (χ0n) is 41.9. The molecule has 6 rings (SSSR count). The number of amides is 1. The van der Waals surface area contributed by atoms with Crippen LogP contribution in [0.1, 0.15) is 78.2 Å². The van der Waals surface area contributed by atoms with Gasteiger partial charge in [-0.3, -0.25) is 19.2 Å². The Bertz CT molecular complexity index is 2760. The number of methoxy groups -OCH3 is 1. The number of Topliss-reactive ketones (excluding diaryl/α,β-unsaturated/α-hetero) is 1. The van der Waals surface area contributed by atoms with Crippen LogP contribution in [-0.4, -0.2) is 126 Å². The minimum Gasteiger partial charge on any atom is -0.505 e. The van der Waals surface area contributed by atoms with E-state index < -0.39 is 82.7 Å². The molecule has 2 aliphatic heterocycles. The molecule has 1 aromatic heterocycles. The molecule has 0 unspecified atom stereocenters. The molecule has 2 aliphatic rings. The second kappa shape index (κ2) is 21.0. The second-order valence-electron chi connectivity index (χ2n) is 19.4. The van der Waals surface area contributed by atoms with E-state index in [2.05, 4.69) is 33.3 Å². The number of allylic oxidation sites excluding steroid dienone is 2. The first-order valence-corrected chi connectivity index (χ1v) is 23.4. The highest BCUT2D eigenvalue weighted by atomic mass is 16.7. The molecule has 1 amide bonds. The van der Waals surface area contributed by atoms with E-state index in [9.17, 15) is 34.5 Å². The number of phenolic OH excluding ortho intramolecular Hbond substituents is 1. The summed E-state index contributed by atoms with van der Waals surface area (Å²) in [6, 6.07) is 5.38. The highest BCUT2D eigenvalue weighted by molar-refractivity contribution is 6.26. The molecule has 0 radical (unpaired) electrons. The molecule has 374 valence electrons. The number of esters is 1. The van der Waals surface area contributed by atoms with Gasteiger partial charge in [0.15, 0.2) is 22.3 Å². The number of carbonyl (C=O) groups excluding carboxylic acids is 3. The summed E-state index contributed by atoms with van der Waals surface area (Å²) in [4.78, 5) is 60.5. The number of aromatic hydroxyl groups is 1. The first kappa shape index (κ1) is 52.5. The molecule has 0 aliphatic carbocycles. The van der Waals surface area contributed by atoms with Gasteiger partial charge in [-0.05, 0) is 45.9 Å². The molecule has 0 spiro atoms. The molecule has 17 nitrogen and oxygen atoms in total. The average Bonchev–Trinajstić information content (AvgIpc) is 3.57. The molecule has 9 atom stereocenters. The van der Waals surface area contributed by atoms with E-state index in [1.165, 1.54) is 53.2 Å². The molecule has 0 saturated carbocycles. The number of aliphatic hydroxyl groups is 2. The van der Waals surface area contributed by atoms with Crippen LogP contribution in [0.5, 0.6) is 17.2 Å². The number of benzene rings is 3. The number of ketones is 1. The SMILES string of the molecule is CO[C@H]1/C=C/O[C@@]2(C)Oc3c(C)c(=O)c4c(O)c(c5oc6cc(OCCOCC[N+](C)(C)C(C)C)ccc6nc5c4c3C2=O)NC(=O)/C(C)=C\C=C\[C@H](C)[C@H](O)[C@@H](C)[C@@H](O)[C@@H](C)[C@H](OC(C)=O)[C@@H]1C. The predicted octanol–water partition coefficient (Wildman–Crippen LogP) is 6.88. The van der Waals surface area contributed by atoms with E-state index in [0.29, 0.717) is 30.5 Å². The molecular formula is C52H68N3O14+. The van der Waals surface area contributed by atoms with Gasteiger partial charge in [0.05, 0.1) is 68.9 Å². The van der Waals surface area contributed by atoms with E-state index in [1.807, 2.05) is 0 Å². The summed E-state index contributed by atoms with van der Waals surface area (Å²) >= 11 is 0. The lowest BCUT2D eigenvalue weighted by molar-refractivity contribution is -0.911. The number of carbonyl (C=O) groups is 3. The number of anilines is 1. The third-order valence-electron chi connectivity index (χ3n) is 14.0. The van der Waals surface area contributed by atoms with E-state index >= 15 is 0 Å². The Kier molecular flexibility index (Phi) is 16.0. The fourth-order valence-corrected chi connectivity index (χ4v) is 8.75. The topological polar surface area (TPSA) is 222 Å². The Morgan fingerprint density at radius 1 is 0.971 bits per heavy atom. The standard InChI is InChI=1S/C52H67N3O14/c1-26(2)55(11,12)20-22-64-23-24-65-34-17-18-35-37(25-34)68-49-41(53-35)38-39-45(59)32(8)48-40(38)50(61)52(10,69-48)66-21-19-36(63-13)29(5)47(67-33(9)56)31(7)44(58)30(6)43(57)27(3)15-14-16-28(4)51(62)54-42(49)46(39)60/h14-19,21,25-27,29-31,36,43-44,47,57-58H,20,22-24H2,1-13H3,(H-,53,54,59,60,61,62)/p+1/b15-14+,21-19+,28-16-/t27-,29+,30+,31+,36-,43-,44+,47+,52-/m0/s1. The van der Waals surface area contributed by atoms with Gasteiger partial charge in [0, 0.05) is 67.2 Å². The van der Waals surface area contributed by atoms with Crippen molar-refractivity contribution in [3.63, 3.8) is 0 Å². The fourth-order valence-electron chi connectivity index (χ4n) is 8.75. The number of likely N-dealkylation sites (N-methyl/N-ethyl adjacent to an activating group) is 1. The van der Waals surface area contributed by atoms with Crippen LogP contribution in [0.25, 0.3) is 33.0 Å². The van der Waals surface area contributed by atoms with Gasteiger partial charge < -0.3 is 58.0 Å². The molecule has 4 bridgehead atoms. The lowest BCUT2D eigenvalue weighted by atomic mass is 9.78. The first-order chi connectivity index (χ1) is 32.4. The number of hydrogen-bond donors (Lipinski definition) is 4. The summed E-state index contributed by atoms with van der Waals surface area (Å²) < 4.78 is 43.1. The van der Waals surface area contributed by atoms with Gasteiger partial charge in [0.2, 0.25) is 0 Å². The summed E-state index contributed by atoms with van der Waals surface area (Å²) in [6.07, 6.45) is 3.57. The lowest BCUT2D eigenvalue weighted by Gasteiger charge is -2.38. The van der Waals surface area contributed by atoms with Gasteiger partial charge in [-0.15, -0.1) is 0 Å². The molecule has 69 heavy (non-hydrogen) atoms. The van der Waals surface area contributed by atoms with Crippen LogP contribution in [0, 0.1) is 30.6 Å². The van der Waals surface area contributed by atoms with Gasteiger partial charge in [0.25, 0.3) is 11.7 Å². The number of nitrogens with zero attached hydrogens (tertiary/aromatic N) is 2. The van der Waals surface area contributed by atoms with Crippen molar-refractivity contribution in [1.29, 1.82) is 0 Å². The summed E-state index contributed by atoms with van der Waals surface area (Å²) in [5.41, 5.74) is -0.629. The predicted molar refractivity (Wildman–Crippen MR) is 260 cm³/mol. The van der Waals surface area contributed by atoms with Crippen molar-refractivity contribution in [3.05, 3.63) is 75.7 Å². The first-order valence-electron chi connectivity index (χ1n) is 23.4. The Labute approximate surface area is 402 Å². The lowest BCUT2D eigenvalue weighted by Crippen LogP contribution is -2.47. The molecule has 17 heteroatoms. The maximum absolute atomic E-state index is 14.8. The highest BCUT2D eigenvalue weighted by Gasteiger charge is 2.49. The number of phenols is 1. The van der Waals surface area contributed by atoms with Gasteiger partial charge in [-0.1, -0.05) is 45.9 Å². The number of nitrogens with one attached hydrogen (secondary N) is 1. The van der Waals surface area contributed by atoms with Crippen LogP contribution >= 0.6 is 0 Å². The maximum atomic E-state index is 14.8. The normalized spacial score (nSPS) is 27.8. The number of hydrogen-bond acceptors (Lipinski definition) is 15. The molecule has 0 saturated heterocycles. The Balaban J connectivity index is 1.49. The largest absolute Gasteiger partial charge is 0.505 e. The van der Waals surface area contributed by atoms with Gasteiger partial charge in [0.1, 0.15) is 47.5 Å². The Hall–Kier alpha value is -5.85. The molecule has 0 fully saturated rings.